The molecule has 4 aromatic carbocycles. The molecule has 0 unspecified atom stereocenters. The summed E-state index contributed by atoms with van der Waals surface area (Å²) in [6.07, 6.45) is -9.16. The number of para-hydroxylation sites is 4. The smallest absolute Gasteiger partial charge is 0.293 e. The van der Waals surface area contributed by atoms with Crippen LogP contribution in [-0.4, -0.2) is 28.4 Å². The van der Waals surface area contributed by atoms with Gasteiger partial charge < -0.3 is 0 Å². The highest BCUT2D eigenvalue weighted by Crippen LogP contribution is 2.35. The molecule has 0 aliphatic heterocycles. The zero-order valence-electron chi connectivity index (χ0n) is 22.3. The fourth-order valence-corrected chi connectivity index (χ4v) is 5.75. The average molecular weight is 601 g/mol. The van der Waals surface area contributed by atoms with Crippen molar-refractivity contribution in [1.29, 1.82) is 0 Å². The molecule has 0 amide bonds. The predicted octanol–water partition coefficient (Wildman–Crippen LogP) is 8.57. The van der Waals surface area contributed by atoms with Crippen LogP contribution in [0.5, 0.6) is 0 Å². The number of benzene rings is 4. The fourth-order valence-electron chi connectivity index (χ4n) is 5.75. The van der Waals surface area contributed by atoms with Crippen molar-refractivity contribution >= 4 is 33.4 Å². The Balaban J connectivity index is 1.18. The predicted molar refractivity (Wildman–Crippen MR) is 153 cm³/mol. The van der Waals surface area contributed by atoms with Crippen LogP contribution in [0.25, 0.3) is 55.9 Å². The largest absolute Gasteiger partial charge is 0.435 e. The van der Waals surface area contributed by atoms with Crippen LogP contribution in [-0.2, 0) is 12.4 Å². The quantitative estimate of drug-likeness (QED) is 0.191. The Hall–Kier alpha value is -5.52. The standard InChI is InChI=1S/C32H18F6N6/c33-31(34,35)27-17-29-41(23-5-1-3-7-25(23)43(29)39-27)21-13-9-19(10-14-21)20-11-15-22(16-12-20)42-24-6-2-4-8-26(24)44-30(42)18-28(40-44)32(36,37)38/h1-18H. The van der Waals surface area contributed by atoms with E-state index in [2.05, 4.69) is 10.2 Å². The SMILES string of the molecule is FC(F)(F)c1cc2n(-c3ccc(-c4ccc(-n5c6ccccc6n6nc(C(F)(F)F)cc56)cc4)cc3)c3ccccc3n2n1. The summed E-state index contributed by atoms with van der Waals surface area (Å²) in [4.78, 5) is 0. The van der Waals surface area contributed by atoms with Crippen molar-refractivity contribution in [2.24, 2.45) is 0 Å². The van der Waals surface area contributed by atoms with Gasteiger partial charge >= 0.3 is 12.4 Å². The van der Waals surface area contributed by atoms with Gasteiger partial charge in [-0.3, -0.25) is 9.13 Å². The normalized spacial score (nSPS) is 12.8. The lowest BCUT2D eigenvalue weighted by Crippen LogP contribution is -2.05. The first-order valence-electron chi connectivity index (χ1n) is 13.4. The molecule has 218 valence electrons. The Kier molecular flexibility index (Phi) is 5.34. The summed E-state index contributed by atoms with van der Waals surface area (Å²) in [5.41, 5.74) is 4.16. The van der Waals surface area contributed by atoms with E-state index >= 15 is 0 Å². The summed E-state index contributed by atoms with van der Waals surface area (Å²) < 4.78 is 86.8. The second kappa shape index (κ2) is 8.99. The van der Waals surface area contributed by atoms with E-state index in [-0.39, 0.29) is 11.3 Å². The molecule has 0 N–H and O–H groups in total. The van der Waals surface area contributed by atoms with Crippen molar-refractivity contribution in [2.45, 2.75) is 12.4 Å². The topological polar surface area (TPSA) is 44.5 Å². The van der Waals surface area contributed by atoms with Crippen LogP contribution in [0, 0.1) is 0 Å². The highest BCUT2D eigenvalue weighted by atomic mass is 19.4. The molecule has 0 radical (unpaired) electrons. The third kappa shape index (κ3) is 3.90. The molecule has 0 aliphatic carbocycles. The minimum Gasteiger partial charge on any atom is -0.293 e. The van der Waals surface area contributed by atoms with E-state index in [1.807, 2.05) is 72.8 Å². The van der Waals surface area contributed by atoms with E-state index in [1.54, 1.807) is 33.4 Å². The van der Waals surface area contributed by atoms with Gasteiger partial charge in [0.1, 0.15) is 11.3 Å². The maximum atomic E-state index is 13.5. The lowest BCUT2D eigenvalue weighted by Gasteiger charge is -2.10. The van der Waals surface area contributed by atoms with E-state index < -0.39 is 23.7 Å². The van der Waals surface area contributed by atoms with E-state index in [9.17, 15) is 26.3 Å². The molecule has 0 fully saturated rings. The van der Waals surface area contributed by atoms with Crippen LogP contribution in [0.15, 0.2) is 109 Å². The first-order chi connectivity index (χ1) is 21.1. The number of halogens is 6. The lowest BCUT2D eigenvalue weighted by atomic mass is 10.0. The Morgan fingerprint density at radius 2 is 0.773 bits per heavy atom. The van der Waals surface area contributed by atoms with Gasteiger partial charge in [-0.15, -0.1) is 0 Å². The Bertz CT molecular complexity index is 2180. The molecule has 4 aromatic heterocycles. The maximum absolute atomic E-state index is 13.5. The van der Waals surface area contributed by atoms with E-state index in [0.29, 0.717) is 33.4 Å². The molecule has 12 heteroatoms. The lowest BCUT2D eigenvalue weighted by molar-refractivity contribution is -0.142. The number of imidazole rings is 2. The van der Waals surface area contributed by atoms with Crippen LogP contribution in [0.1, 0.15) is 11.4 Å². The van der Waals surface area contributed by atoms with Crippen LogP contribution >= 0.6 is 0 Å². The van der Waals surface area contributed by atoms with Gasteiger partial charge in [0, 0.05) is 23.5 Å². The Labute approximate surface area is 243 Å². The zero-order chi connectivity index (χ0) is 30.4. The van der Waals surface area contributed by atoms with Crippen LogP contribution in [0.4, 0.5) is 26.3 Å². The number of nitrogens with zero attached hydrogens (tertiary/aromatic N) is 6. The molecule has 8 aromatic rings. The van der Waals surface area contributed by atoms with Gasteiger partial charge in [0.25, 0.3) is 0 Å². The summed E-state index contributed by atoms with van der Waals surface area (Å²) in [7, 11) is 0. The summed E-state index contributed by atoms with van der Waals surface area (Å²) in [6, 6.07) is 31.0. The van der Waals surface area contributed by atoms with Crippen LogP contribution in [0.3, 0.4) is 0 Å². The van der Waals surface area contributed by atoms with Crippen LogP contribution in [0.2, 0.25) is 0 Å². The van der Waals surface area contributed by atoms with Crippen molar-refractivity contribution in [1.82, 2.24) is 28.4 Å². The molecule has 6 nitrogen and oxygen atoms in total. The monoisotopic (exact) mass is 600 g/mol. The molecule has 0 spiro atoms. The molecule has 44 heavy (non-hydrogen) atoms. The Morgan fingerprint density at radius 3 is 1.11 bits per heavy atom. The molecule has 0 aliphatic rings. The maximum Gasteiger partial charge on any atom is 0.435 e. The third-order valence-electron chi connectivity index (χ3n) is 7.71. The van der Waals surface area contributed by atoms with Gasteiger partial charge in [-0.1, -0.05) is 48.5 Å². The summed E-state index contributed by atoms with van der Waals surface area (Å²) >= 11 is 0. The molecule has 4 heterocycles. The Morgan fingerprint density at radius 1 is 0.432 bits per heavy atom. The highest BCUT2D eigenvalue weighted by molar-refractivity contribution is 5.85. The number of aromatic nitrogens is 6. The van der Waals surface area contributed by atoms with Gasteiger partial charge in [-0.25, -0.2) is 9.03 Å². The molecule has 0 bridgehead atoms. The second-order valence-corrected chi connectivity index (χ2v) is 10.3. The summed E-state index contributed by atoms with van der Waals surface area (Å²) in [5.74, 6) is 0. The molecule has 0 saturated carbocycles. The van der Waals surface area contributed by atoms with Crippen LogP contribution < -0.4 is 0 Å². The molecule has 8 rings (SSSR count). The van der Waals surface area contributed by atoms with Crippen molar-refractivity contribution in [3.05, 3.63) is 121 Å². The fraction of sp³-hybridized carbons (Fsp3) is 0.0625. The first-order valence-corrected chi connectivity index (χ1v) is 13.4. The number of hydrogen-bond donors (Lipinski definition) is 0. The average Bonchev–Trinajstić information content (AvgIpc) is 3.76. The van der Waals surface area contributed by atoms with Gasteiger partial charge in [0.05, 0.1) is 22.1 Å². The molecular formula is C32H18F6N6. The zero-order valence-corrected chi connectivity index (χ0v) is 22.3. The summed E-state index contributed by atoms with van der Waals surface area (Å²) in [5, 5.41) is 7.62. The number of rotatable bonds is 3. The molecule has 0 atom stereocenters. The van der Waals surface area contributed by atoms with E-state index in [4.69, 9.17) is 0 Å². The number of alkyl halides is 6. The minimum atomic E-state index is -4.58. The van der Waals surface area contributed by atoms with Crippen molar-refractivity contribution in [2.75, 3.05) is 0 Å². The van der Waals surface area contributed by atoms with E-state index in [0.717, 1.165) is 23.3 Å². The van der Waals surface area contributed by atoms with Gasteiger partial charge in [-0.2, -0.15) is 36.5 Å². The number of fused-ring (bicyclic) bond motifs is 6. The second-order valence-electron chi connectivity index (χ2n) is 10.3. The number of hydrogen-bond acceptors (Lipinski definition) is 2. The van der Waals surface area contributed by atoms with Gasteiger partial charge in [0.15, 0.2) is 11.4 Å². The highest BCUT2D eigenvalue weighted by Gasteiger charge is 2.36. The van der Waals surface area contributed by atoms with Crippen molar-refractivity contribution < 1.29 is 26.3 Å². The van der Waals surface area contributed by atoms with Gasteiger partial charge in [0.2, 0.25) is 0 Å². The van der Waals surface area contributed by atoms with E-state index in [1.165, 1.54) is 9.03 Å². The first kappa shape index (κ1) is 26.1. The third-order valence-corrected chi connectivity index (χ3v) is 7.71. The van der Waals surface area contributed by atoms with Crippen molar-refractivity contribution in [3.63, 3.8) is 0 Å². The molecular weight excluding hydrogens is 582 g/mol. The molecule has 0 saturated heterocycles. The van der Waals surface area contributed by atoms with Gasteiger partial charge in [-0.05, 0) is 59.7 Å². The minimum absolute atomic E-state index is 0.287. The van der Waals surface area contributed by atoms with Crippen molar-refractivity contribution in [3.8, 4) is 22.5 Å². The summed E-state index contributed by atoms with van der Waals surface area (Å²) in [6.45, 7) is 0.